The van der Waals surface area contributed by atoms with Crippen LogP contribution < -0.4 is 16.6 Å². The van der Waals surface area contributed by atoms with Crippen molar-refractivity contribution >= 4 is 23.3 Å². The summed E-state index contributed by atoms with van der Waals surface area (Å²) in [5.41, 5.74) is 2.79. The minimum absolute atomic E-state index is 0.143. The van der Waals surface area contributed by atoms with Gasteiger partial charge in [-0.05, 0) is 18.9 Å². The summed E-state index contributed by atoms with van der Waals surface area (Å²) in [6.45, 7) is 0. The number of halogens is 1. The molecule has 6 heteroatoms. The van der Waals surface area contributed by atoms with Crippen molar-refractivity contribution in [2.24, 2.45) is 5.84 Å². The molecule has 1 heterocycles. The molecule has 1 saturated carbocycles. The van der Waals surface area contributed by atoms with Crippen molar-refractivity contribution in [3.63, 3.8) is 0 Å². The van der Waals surface area contributed by atoms with Crippen LogP contribution in [0.3, 0.4) is 0 Å². The Morgan fingerprint density at radius 2 is 2.33 bits per heavy atom. The van der Waals surface area contributed by atoms with Gasteiger partial charge < -0.3 is 10.7 Å². The van der Waals surface area contributed by atoms with Gasteiger partial charge in [-0.1, -0.05) is 11.6 Å². The number of nitrogens with zero attached hydrogens (tertiary/aromatic N) is 1. The van der Waals surface area contributed by atoms with Crippen LogP contribution in [0.4, 0.5) is 5.82 Å². The molecule has 1 fully saturated rings. The van der Waals surface area contributed by atoms with Crippen LogP contribution in [0.2, 0.25) is 5.02 Å². The van der Waals surface area contributed by atoms with Gasteiger partial charge in [-0.25, -0.2) is 10.8 Å². The zero-order valence-electron chi connectivity index (χ0n) is 7.96. The third-order valence-electron chi connectivity index (χ3n) is 2.15. The maximum Gasteiger partial charge on any atom is 0.253 e. The molecule has 1 aromatic heterocycles. The molecule has 0 radical (unpaired) electrons. The van der Waals surface area contributed by atoms with Gasteiger partial charge in [0.25, 0.3) is 5.91 Å². The minimum atomic E-state index is -0.143. The van der Waals surface area contributed by atoms with Gasteiger partial charge in [-0.3, -0.25) is 4.79 Å². The molecule has 80 valence electrons. The van der Waals surface area contributed by atoms with Crippen LogP contribution in [0.15, 0.2) is 12.3 Å². The van der Waals surface area contributed by atoms with Gasteiger partial charge in [-0.2, -0.15) is 0 Å². The van der Waals surface area contributed by atoms with Crippen LogP contribution in [0.25, 0.3) is 0 Å². The molecular formula is C9H11ClN4O. The number of amides is 1. The summed E-state index contributed by atoms with van der Waals surface area (Å²) < 4.78 is 0. The van der Waals surface area contributed by atoms with E-state index in [0.717, 1.165) is 12.8 Å². The number of aromatic nitrogens is 1. The van der Waals surface area contributed by atoms with E-state index in [9.17, 15) is 4.79 Å². The summed E-state index contributed by atoms with van der Waals surface area (Å²) in [4.78, 5) is 15.5. The highest BCUT2D eigenvalue weighted by Crippen LogP contribution is 2.21. The molecule has 1 amide bonds. The number of nitrogen functional groups attached to an aromatic ring is 1. The highest BCUT2D eigenvalue weighted by molar-refractivity contribution is 6.33. The van der Waals surface area contributed by atoms with E-state index in [0.29, 0.717) is 22.4 Å². The van der Waals surface area contributed by atoms with E-state index in [2.05, 4.69) is 15.7 Å². The van der Waals surface area contributed by atoms with Crippen LogP contribution >= 0.6 is 11.6 Å². The normalized spacial score (nSPS) is 14.8. The topological polar surface area (TPSA) is 80.0 Å². The number of nitrogens with one attached hydrogen (secondary N) is 2. The maximum absolute atomic E-state index is 11.6. The molecule has 2 rings (SSSR count). The van der Waals surface area contributed by atoms with Crippen molar-refractivity contribution in [2.45, 2.75) is 18.9 Å². The first-order valence-electron chi connectivity index (χ1n) is 4.63. The van der Waals surface area contributed by atoms with Gasteiger partial charge >= 0.3 is 0 Å². The molecule has 4 N–H and O–H groups in total. The summed E-state index contributed by atoms with van der Waals surface area (Å²) in [7, 11) is 0. The minimum Gasteiger partial charge on any atom is -0.349 e. The number of hydrogen-bond donors (Lipinski definition) is 3. The molecular weight excluding hydrogens is 216 g/mol. The lowest BCUT2D eigenvalue weighted by molar-refractivity contribution is 0.0951. The molecule has 0 spiro atoms. The molecule has 15 heavy (non-hydrogen) atoms. The van der Waals surface area contributed by atoms with E-state index in [4.69, 9.17) is 17.4 Å². The molecule has 1 aromatic rings. The zero-order valence-corrected chi connectivity index (χ0v) is 8.71. The Kier molecular flexibility index (Phi) is 2.75. The quantitative estimate of drug-likeness (QED) is 0.529. The van der Waals surface area contributed by atoms with Gasteiger partial charge in [-0.15, -0.1) is 0 Å². The molecule has 0 bridgehead atoms. The predicted molar refractivity (Wildman–Crippen MR) is 57.5 cm³/mol. The number of anilines is 1. The van der Waals surface area contributed by atoms with Crippen LogP contribution in [0, 0.1) is 0 Å². The second kappa shape index (κ2) is 4.04. The van der Waals surface area contributed by atoms with Crippen molar-refractivity contribution < 1.29 is 4.79 Å². The monoisotopic (exact) mass is 226 g/mol. The fourth-order valence-electron chi connectivity index (χ4n) is 1.16. The predicted octanol–water partition coefficient (Wildman–Crippen LogP) is 0.913. The van der Waals surface area contributed by atoms with Crippen molar-refractivity contribution in [3.05, 3.63) is 22.8 Å². The summed E-state index contributed by atoms with van der Waals surface area (Å²) >= 11 is 5.84. The first kappa shape index (κ1) is 10.2. The smallest absolute Gasteiger partial charge is 0.253 e. The number of carbonyl (C=O) groups is 1. The lowest BCUT2D eigenvalue weighted by atomic mass is 10.2. The molecule has 0 atom stereocenters. The van der Waals surface area contributed by atoms with Crippen LogP contribution in [-0.2, 0) is 0 Å². The Bertz CT molecular complexity index is 392. The van der Waals surface area contributed by atoms with Gasteiger partial charge in [0.1, 0.15) is 0 Å². The van der Waals surface area contributed by atoms with E-state index in [-0.39, 0.29) is 5.91 Å². The van der Waals surface area contributed by atoms with E-state index in [1.165, 1.54) is 6.20 Å². The summed E-state index contributed by atoms with van der Waals surface area (Å²) in [6.07, 6.45) is 3.55. The summed E-state index contributed by atoms with van der Waals surface area (Å²) in [6, 6.07) is 1.87. The average Bonchev–Trinajstić information content (AvgIpc) is 3.01. The van der Waals surface area contributed by atoms with Gasteiger partial charge in [0.15, 0.2) is 5.82 Å². The van der Waals surface area contributed by atoms with Gasteiger partial charge in [0.05, 0.1) is 10.6 Å². The fraction of sp³-hybridized carbons (Fsp3) is 0.333. The third-order valence-corrected chi connectivity index (χ3v) is 2.44. The molecule has 0 unspecified atom stereocenters. The maximum atomic E-state index is 11.6. The number of hydrogen-bond acceptors (Lipinski definition) is 4. The Morgan fingerprint density at radius 3 is 2.87 bits per heavy atom. The van der Waals surface area contributed by atoms with E-state index in [1.54, 1.807) is 6.07 Å². The highest BCUT2D eigenvalue weighted by atomic mass is 35.5. The van der Waals surface area contributed by atoms with Crippen LogP contribution in [0.1, 0.15) is 23.2 Å². The first-order valence-corrected chi connectivity index (χ1v) is 5.01. The lowest BCUT2D eigenvalue weighted by Gasteiger charge is -2.05. The van der Waals surface area contributed by atoms with Crippen molar-refractivity contribution in [1.82, 2.24) is 10.3 Å². The van der Waals surface area contributed by atoms with Gasteiger partial charge in [0.2, 0.25) is 0 Å². The average molecular weight is 227 g/mol. The summed E-state index contributed by atoms with van der Waals surface area (Å²) in [5.74, 6) is 5.39. The van der Waals surface area contributed by atoms with Crippen molar-refractivity contribution in [3.8, 4) is 0 Å². The molecule has 1 aliphatic carbocycles. The number of pyridine rings is 1. The number of nitrogens with two attached hydrogens (primary N) is 1. The van der Waals surface area contributed by atoms with E-state index < -0.39 is 0 Å². The highest BCUT2D eigenvalue weighted by Gasteiger charge is 2.24. The Hall–Kier alpha value is -1.33. The molecule has 0 aromatic carbocycles. The SMILES string of the molecule is NNc1ncc(C(=O)NC2CC2)cc1Cl. The second-order valence-corrected chi connectivity index (χ2v) is 3.85. The first-order chi connectivity index (χ1) is 7.20. The number of carbonyl (C=O) groups excluding carboxylic acids is 1. The van der Waals surface area contributed by atoms with E-state index in [1.807, 2.05) is 0 Å². The molecule has 0 aliphatic heterocycles. The Balaban J connectivity index is 2.13. The molecule has 0 saturated heterocycles. The van der Waals surface area contributed by atoms with Crippen LogP contribution in [-0.4, -0.2) is 16.9 Å². The van der Waals surface area contributed by atoms with Crippen molar-refractivity contribution in [2.75, 3.05) is 5.43 Å². The summed E-state index contributed by atoms with van der Waals surface area (Å²) in [5, 5.41) is 3.18. The lowest BCUT2D eigenvalue weighted by Crippen LogP contribution is -2.25. The fourth-order valence-corrected chi connectivity index (χ4v) is 1.39. The number of hydrazine groups is 1. The molecule has 5 nitrogen and oxygen atoms in total. The standard InChI is InChI=1S/C9H11ClN4O/c10-7-3-5(4-12-8(7)14-11)9(15)13-6-1-2-6/h3-4,6H,1-2,11H2,(H,12,14)(H,13,15). The van der Waals surface area contributed by atoms with E-state index >= 15 is 0 Å². The largest absolute Gasteiger partial charge is 0.349 e. The van der Waals surface area contributed by atoms with Crippen molar-refractivity contribution in [1.29, 1.82) is 0 Å². The number of rotatable bonds is 3. The zero-order chi connectivity index (χ0) is 10.8. The third kappa shape index (κ3) is 2.37. The van der Waals surface area contributed by atoms with Crippen LogP contribution in [0.5, 0.6) is 0 Å². The Labute approximate surface area is 92.0 Å². The molecule has 1 aliphatic rings. The van der Waals surface area contributed by atoms with Gasteiger partial charge in [0, 0.05) is 12.2 Å². The second-order valence-electron chi connectivity index (χ2n) is 3.45. The Morgan fingerprint density at radius 1 is 1.60 bits per heavy atom.